The van der Waals surface area contributed by atoms with Crippen molar-refractivity contribution in [2.75, 3.05) is 0 Å². The average Bonchev–Trinajstić information content (AvgIpc) is 3.29. The van der Waals surface area contributed by atoms with Crippen LogP contribution < -0.4 is 10.1 Å². The number of halogens is 2. The quantitative estimate of drug-likeness (QED) is 0.326. The molecule has 0 saturated heterocycles. The number of benzene rings is 3. The molecule has 0 aromatic heterocycles. The first-order valence-electron chi connectivity index (χ1n) is 10.6. The molecule has 4 rings (SSSR count). The van der Waals surface area contributed by atoms with Gasteiger partial charge in [0.2, 0.25) is 0 Å². The number of amides is 1. The summed E-state index contributed by atoms with van der Waals surface area (Å²) in [6, 6.07) is 19.6. The Morgan fingerprint density at radius 3 is 2.44 bits per heavy atom. The number of fused-ring (bicyclic) bond motifs is 1. The summed E-state index contributed by atoms with van der Waals surface area (Å²) >= 11 is 12.8. The largest absolute Gasteiger partial charge is 0.486 e. The molecule has 6 heteroatoms. The van der Waals surface area contributed by atoms with Gasteiger partial charge in [0.15, 0.2) is 5.75 Å². The highest BCUT2D eigenvalue weighted by molar-refractivity contribution is 6.37. The van der Waals surface area contributed by atoms with Crippen molar-refractivity contribution in [2.45, 2.75) is 38.3 Å². The lowest BCUT2D eigenvalue weighted by Crippen LogP contribution is -2.33. The summed E-state index contributed by atoms with van der Waals surface area (Å²) in [4.78, 5) is 12.4. The second-order valence-corrected chi connectivity index (χ2v) is 8.72. The Morgan fingerprint density at radius 1 is 1.06 bits per heavy atom. The first-order valence-corrected chi connectivity index (χ1v) is 11.3. The summed E-state index contributed by atoms with van der Waals surface area (Å²) in [7, 11) is 0. The predicted molar refractivity (Wildman–Crippen MR) is 129 cm³/mol. The highest BCUT2D eigenvalue weighted by Crippen LogP contribution is 2.35. The molecular weight excluding hydrogens is 443 g/mol. The van der Waals surface area contributed by atoms with Crippen LogP contribution in [0.5, 0.6) is 5.75 Å². The second kappa shape index (κ2) is 10.1. The van der Waals surface area contributed by atoms with Crippen LogP contribution in [-0.2, 0) is 11.4 Å². The Kier molecular flexibility index (Phi) is 6.99. The summed E-state index contributed by atoms with van der Waals surface area (Å²) in [6.45, 7) is 0.312. The molecular formula is C26H22Cl2N2O2. The molecule has 1 fully saturated rings. The lowest BCUT2D eigenvalue weighted by Gasteiger charge is -2.13. The summed E-state index contributed by atoms with van der Waals surface area (Å²) in [5.41, 5.74) is 1.58. The number of hydrogen-bond donors (Lipinski definition) is 1. The van der Waals surface area contributed by atoms with Gasteiger partial charge >= 0.3 is 0 Å². The van der Waals surface area contributed by atoms with E-state index in [1.54, 1.807) is 12.1 Å². The molecule has 0 atom stereocenters. The number of nitriles is 1. The molecule has 1 saturated carbocycles. The van der Waals surface area contributed by atoms with Crippen molar-refractivity contribution >= 4 is 46.0 Å². The van der Waals surface area contributed by atoms with Crippen LogP contribution in [0, 0.1) is 11.3 Å². The zero-order valence-electron chi connectivity index (χ0n) is 17.4. The van der Waals surface area contributed by atoms with Gasteiger partial charge in [0.1, 0.15) is 18.2 Å². The van der Waals surface area contributed by atoms with Crippen molar-refractivity contribution in [1.29, 1.82) is 5.26 Å². The van der Waals surface area contributed by atoms with Crippen LogP contribution >= 0.6 is 23.2 Å². The van der Waals surface area contributed by atoms with Crippen molar-refractivity contribution < 1.29 is 9.53 Å². The third kappa shape index (κ3) is 5.24. The maximum Gasteiger partial charge on any atom is 0.262 e. The van der Waals surface area contributed by atoms with Crippen LogP contribution in [0.4, 0.5) is 0 Å². The number of carbonyl (C=O) groups is 1. The molecule has 0 aliphatic heterocycles. The van der Waals surface area contributed by atoms with Gasteiger partial charge in [-0.2, -0.15) is 5.26 Å². The number of ether oxygens (including phenoxy) is 1. The Labute approximate surface area is 197 Å². The molecule has 0 bridgehead atoms. The minimum absolute atomic E-state index is 0.0221. The van der Waals surface area contributed by atoms with E-state index in [2.05, 4.69) is 23.5 Å². The zero-order valence-corrected chi connectivity index (χ0v) is 18.9. The van der Waals surface area contributed by atoms with Crippen LogP contribution in [0.3, 0.4) is 0 Å². The summed E-state index contributed by atoms with van der Waals surface area (Å²) < 4.78 is 5.90. The van der Waals surface area contributed by atoms with Gasteiger partial charge in [0.05, 0.1) is 10.0 Å². The number of rotatable bonds is 6. The Morgan fingerprint density at radius 2 is 1.75 bits per heavy atom. The fraction of sp³-hybridized carbons (Fsp3) is 0.231. The predicted octanol–water partition coefficient (Wildman–Crippen LogP) is 6.69. The molecule has 3 aromatic rings. The summed E-state index contributed by atoms with van der Waals surface area (Å²) in [5.74, 6) is -0.00386. The maximum absolute atomic E-state index is 12.4. The standard InChI is InChI=1S/C26H22Cl2N2O2/c27-23-13-18(12-21(15-29)26(31)30-22-7-3-4-8-22)14-24(28)25(23)32-16-17-9-10-19-5-1-2-6-20(19)11-17/h1-2,5-6,9-14,22H,3-4,7-8,16H2,(H,30,31)/b21-12-. The van der Waals surface area contributed by atoms with Crippen LogP contribution in [0.25, 0.3) is 16.8 Å². The Hall–Kier alpha value is -3.00. The lowest BCUT2D eigenvalue weighted by atomic mass is 10.1. The third-order valence-electron chi connectivity index (χ3n) is 5.58. The second-order valence-electron chi connectivity index (χ2n) is 7.91. The number of carbonyl (C=O) groups excluding carboxylic acids is 1. The van der Waals surface area contributed by atoms with E-state index in [1.165, 1.54) is 6.08 Å². The van der Waals surface area contributed by atoms with Gasteiger partial charge in [0, 0.05) is 6.04 Å². The first-order chi connectivity index (χ1) is 15.5. The van der Waals surface area contributed by atoms with Gasteiger partial charge in [-0.25, -0.2) is 0 Å². The Bertz CT molecular complexity index is 1200. The normalized spacial score (nSPS) is 14.3. The van der Waals surface area contributed by atoms with Crippen molar-refractivity contribution in [1.82, 2.24) is 5.32 Å². The summed E-state index contributed by atoms with van der Waals surface area (Å²) in [6.07, 6.45) is 5.59. The number of nitrogens with zero attached hydrogens (tertiary/aromatic N) is 1. The molecule has 1 N–H and O–H groups in total. The van der Waals surface area contributed by atoms with E-state index in [0.29, 0.717) is 28.0 Å². The molecule has 1 amide bonds. The third-order valence-corrected chi connectivity index (χ3v) is 6.15. The highest BCUT2D eigenvalue weighted by Gasteiger charge is 2.19. The molecule has 0 unspecified atom stereocenters. The monoisotopic (exact) mass is 464 g/mol. The Balaban J connectivity index is 1.48. The van der Waals surface area contributed by atoms with Gasteiger partial charge in [-0.3, -0.25) is 4.79 Å². The maximum atomic E-state index is 12.4. The molecule has 1 aliphatic carbocycles. The van der Waals surface area contributed by atoms with Crippen molar-refractivity contribution in [3.63, 3.8) is 0 Å². The minimum atomic E-state index is -0.372. The lowest BCUT2D eigenvalue weighted by molar-refractivity contribution is -0.117. The molecule has 0 radical (unpaired) electrons. The van der Waals surface area contributed by atoms with E-state index in [1.807, 2.05) is 30.3 Å². The van der Waals surface area contributed by atoms with E-state index in [9.17, 15) is 10.1 Å². The first kappa shape index (κ1) is 22.2. The van der Waals surface area contributed by atoms with E-state index < -0.39 is 0 Å². The minimum Gasteiger partial charge on any atom is -0.486 e. The fourth-order valence-electron chi connectivity index (χ4n) is 3.93. The van der Waals surface area contributed by atoms with Gasteiger partial charge in [-0.05, 0) is 59.0 Å². The van der Waals surface area contributed by atoms with Crippen LogP contribution in [0.1, 0.15) is 36.8 Å². The average molecular weight is 465 g/mol. The van der Waals surface area contributed by atoms with Crippen LogP contribution in [-0.4, -0.2) is 11.9 Å². The van der Waals surface area contributed by atoms with Crippen LogP contribution in [0.15, 0.2) is 60.2 Å². The molecule has 32 heavy (non-hydrogen) atoms. The smallest absolute Gasteiger partial charge is 0.262 e. The SMILES string of the molecule is N#C/C(=C/c1cc(Cl)c(OCc2ccc3ccccc3c2)c(Cl)c1)C(=O)NC1CCCC1. The van der Waals surface area contributed by atoms with Crippen LogP contribution in [0.2, 0.25) is 10.0 Å². The molecule has 3 aromatic carbocycles. The molecule has 1 aliphatic rings. The van der Waals surface area contributed by atoms with Crippen molar-refractivity contribution in [2.24, 2.45) is 0 Å². The van der Waals surface area contributed by atoms with E-state index in [4.69, 9.17) is 27.9 Å². The van der Waals surface area contributed by atoms with E-state index >= 15 is 0 Å². The van der Waals surface area contributed by atoms with E-state index in [0.717, 1.165) is 42.0 Å². The number of nitrogens with one attached hydrogen (secondary N) is 1. The molecule has 0 heterocycles. The van der Waals surface area contributed by atoms with E-state index in [-0.39, 0.29) is 17.5 Å². The van der Waals surface area contributed by atoms with Gasteiger partial charge < -0.3 is 10.1 Å². The van der Waals surface area contributed by atoms with Gasteiger partial charge in [-0.1, -0.05) is 72.4 Å². The molecule has 4 nitrogen and oxygen atoms in total. The zero-order chi connectivity index (χ0) is 22.5. The fourth-order valence-corrected chi connectivity index (χ4v) is 4.55. The van der Waals surface area contributed by atoms with Crippen molar-refractivity contribution in [3.05, 3.63) is 81.3 Å². The molecule has 162 valence electrons. The topological polar surface area (TPSA) is 62.1 Å². The number of hydrogen-bond acceptors (Lipinski definition) is 3. The summed E-state index contributed by atoms with van der Waals surface area (Å²) in [5, 5.41) is 15.3. The van der Waals surface area contributed by atoms with Gasteiger partial charge in [-0.15, -0.1) is 0 Å². The molecule has 0 spiro atoms. The highest BCUT2D eigenvalue weighted by atomic mass is 35.5. The van der Waals surface area contributed by atoms with Crippen molar-refractivity contribution in [3.8, 4) is 11.8 Å². The van der Waals surface area contributed by atoms with Gasteiger partial charge in [0.25, 0.3) is 5.91 Å².